The lowest BCUT2D eigenvalue weighted by atomic mass is 10.0. The molecule has 138 valence electrons. The molecule has 2 saturated heterocycles. The summed E-state index contributed by atoms with van der Waals surface area (Å²) in [5.74, 6) is 0.186. The number of aliphatic hydroxyl groups excluding tert-OH is 1. The number of nitrogens with zero attached hydrogens (tertiary/aromatic N) is 4. The fraction of sp³-hybridized carbons (Fsp3) is 0.684. The second-order valence-electron chi connectivity index (χ2n) is 7.40. The van der Waals surface area contributed by atoms with Gasteiger partial charge >= 0.3 is 0 Å². The number of piperidine rings is 1. The fourth-order valence-corrected chi connectivity index (χ4v) is 3.96. The fourth-order valence-electron chi connectivity index (χ4n) is 3.96. The van der Waals surface area contributed by atoms with Gasteiger partial charge in [0.1, 0.15) is 0 Å². The van der Waals surface area contributed by atoms with Gasteiger partial charge in [-0.3, -0.25) is 14.7 Å². The minimum absolute atomic E-state index is 0.186. The number of hydrogen-bond acceptors (Lipinski definition) is 5. The second kappa shape index (κ2) is 8.74. The maximum Gasteiger partial charge on any atom is 0.222 e. The molecule has 1 unspecified atom stereocenters. The Morgan fingerprint density at radius 1 is 1.28 bits per heavy atom. The van der Waals surface area contributed by atoms with Gasteiger partial charge in [0.15, 0.2) is 0 Å². The van der Waals surface area contributed by atoms with Gasteiger partial charge in [0.25, 0.3) is 0 Å². The van der Waals surface area contributed by atoms with Crippen molar-refractivity contribution in [3.8, 4) is 0 Å². The number of likely N-dealkylation sites (tertiary alicyclic amines) is 2. The number of aromatic nitrogens is 1. The van der Waals surface area contributed by atoms with Crippen LogP contribution in [0.25, 0.3) is 0 Å². The summed E-state index contributed by atoms with van der Waals surface area (Å²) in [6.45, 7) is 5.06. The van der Waals surface area contributed by atoms with E-state index in [2.05, 4.69) is 34.0 Å². The Kier molecular flexibility index (Phi) is 6.39. The maximum absolute atomic E-state index is 11.7. The van der Waals surface area contributed by atoms with E-state index in [9.17, 15) is 9.90 Å². The Balaban J connectivity index is 1.39. The third-order valence-corrected chi connectivity index (χ3v) is 5.44. The summed E-state index contributed by atoms with van der Waals surface area (Å²) in [5, 5.41) is 10.3. The van der Waals surface area contributed by atoms with Gasteiger partial charge in [-0.15, -0.1) is 0 Å². The topological polar surface area (TPSA) is 59.9 Å². The molecule has 0 spiro atoms. The molecule has 1 aromatic rings. The van der Waals surface area contributed by atoms with Crippen molar-refractivity contribution < 1.29 is 9.90 Å². The lowest BCUT2D eigenvalue weighted by Gasteiger charge is -2.37. The first-order valence-corrected chi connectivity index (χ1v) is 9.39. The van der Waals surface area contributed by atoms with Crippen LogP contribution in [0.5, 0.6) is 0 Å². The minimum Gasteiger partial charge on any atom is -0.390 e. The molecule has 25 heavy (non-hydrogen) atoms. The van der Waals surface area contributed by atoms with E-state index in [-0.39, 0.29) is 5.91 Å². The number of aliphatic hydroxyl groups is 1. The Morgan fingerprint density at radius 2 is 2.00 bits per heavy atom. The molecule has 0 saturated carbocycles. The van der Waals surface area contributed by atoms with E-state index in [1.165, 1.54) is 5.56 Å². The molecule has 6 nitrogen and oxygen atoms in total. The van der Waals surface area contributed by atoms with Crippen LogP contribution in [-0.2, 0) is 11.3 Å². The van der Waals surface area contributed by atoms with Gasteiger partial charge in [0.2, 0.25) is 5.91 Å². The summed E-state index contributed by atoms with van der Waals surface area (Å²) >= 11 is 0. The van der Waals surface area contributed by atoms with Gasteiger partial charge in [-0.05, 0) is 57.1 Å². The molecule has 1 N–H and O–H groups in total. The van der Waals surface area contributed by atoms with Crippen molar-refractivity contribution in [3.05, 3.63) is 30.1 Å². The van der Waals surface area contributed by atoms with Crippen LogP contribution in [0, 0.1) is 0 Å². The van der Waals surface area contributed by atoms with Crippen LogP contribution in [0.2, 0.25) is 0 Å². The number of carbonyl (C=O) groups is 1. The van der Waals surface area contributed by atoms with Crippen molar-refractivity contribution in [1.29, 1.82) is 0 Å². The molecule has 0 aromatic carbocycles. The highest BCUT2D eigenvalue weighted by Crippen LogP contribution is 2.18. The first-order chi connectivity index (χ1) is 12.1. The number of rotatable bonds is 7. The normalized spacial score (nSPS) is 21.2. The number of pyridine rings is 1. The van der Waals surface area contributed by atoms with Gasteiger partial charge in [-0.1, -0.05) is 0 Å². The van der Waals surface area contributed by atoms with Crippen molar-refractivity contribution in [2.75, 3.05) is 39.8 Å². The molecule has 0 radical (unpaired) electrons. The zero-order chi connectivity index (χ0) is 17.6. The second-order valence-corrected chi connectivity index (χ2v) is 7.40. The average molecular weight is 346 g/mol. The quantitative estimate of drug-likeness (QED) is 0.797. The molecule has 3 rings (SSSR count). The van der Waals surface area contributed by atoms with E-state index in [4.69, 9.17) is 0 Å². The molecule has 6 heteroatoms. The summed E-state index contributed by atoms with van der Waals surface area (Å²) in [6, 6.07) is 4.67. The van der Waals surface area contributed by atoms with E-state index < -0.39 is 6.10 Å². The first kappa shape index (κ1) is 18.3. The van der Waals surface area contributed by atoms with Crippen LogP contribution >= 0.6 is 0 Å². The molecule has 2 fully saturated rings. The molecule has 2 aliphatic heterocycles. The molecule has 2 aliphatic rings. The Morgan fingerprint density at radius 3 is 2.64 bits per heavy atom. The zero-order valence-corrected chi connectivity index (χ0v) is 15.2. The monoisotopic (exact) mass is 346 g/mol. The van der Waals surface area contributed by atoms with Gasteiger partial charge < -0.3 is 14.9 Å². The van der Waals surface area contributed by atoms with E-state index in [0.29, 0.717) is 25.6 Å². The van der Waals surface area contributed by atoms with Crippen molar-refractivity contribution in [3.63, 3.8) is 0 Å². The third kappa shape index (κ3) is 5.23. The van der Waals surface area contributed by atoms with E-state index in [1.807, 2.05) is 12.4 Å². The van der Waals surface area contributed by atoms with Crippen LogP contribution < -0.4 is 0 Å². The molecule has 3 heterocycles. The summed E-state index contributed by atoms with van der Waals surface area (Å²) in [7, 11) is 2.10. The van der Waals surface area contributed by atoms with Gasteiger partial charge in [-0.25, -0.2) is 0 Å². The van der Waals surface area contributed by atoms with Crippen LogP contribution in [0.15, 0.2) is 24.5 Å². The summed E-state index contributed by atoms with van der Waals surface area (Å²) in [5.41, 5.74) is 1.31. The zero-order valence-electron chi connectivity index (χ0n) is 15.2. The smallest absolute Gasteiger partial charge is 0.222 e. The predicted molar refractivity (Wildman–Crippen MR) is 97.0 cm³/mol. The van der Waals surface area contributed by atoms with Crippen molar-refractivity contribution in [2.24, 2.45) is 0 Å². The lowest BCUT2D eigenvalue weighted by Crippen LogP contribution is -2.47. The lowest BCUT2D eigenvalue weighted by molar-refractivity contribution is -0.129. The van der Waals surface area contributed by atoms with E-state index in [1.54, 1.807) is 4.90 Å². The Labute approximate surface area is 150 Å². The number of amides is 1. The first-order valence-electron chi connectivity index (χ1n) is 9.39. The minimum atomic E-state index is -0.457. The average Bonchev–Trinajstić information content (AvgIpc) is 3.01. The number of β-amino-alcohol motifs (C(OH)–C–C–N with tert-alkyl or cyclic N) is 1. The highest BCUT2D eigenvalue weighted by Gasteiger charge is 2.26. The number of hydrogen-bond donors (Lipinski definition) is 1. The molecule has 1 atom stereocenters. The molecular formula is C19H30N4O2. The molecule has 0 bridgehead atoms. The molecule has 0 aliphatic carbocycles. The highest BCUT2D eigenvalue weighted by atomic mass is 16.3. The standard InChI is InChI=1S/C19H30N4O2/c1-21(14-18(24)15-23-10-2-3-19(23)25)17-6-11-22(12-7-17)13-16-4-8-20-9-5-16/h4-5,8-9,17-18,24H,2-3,6-7,10-15H2,1H3. The van der Waals surface area contributed by atoms with E-state index in [0.717, 1.165) is 45.4 Å². The van der Waals surface area contributed by atoms with Crippen LogP contribution in [0.1, 0.15) is 31.2 Å². The van der Waals surface area contributed by atoms with Gasteiger partial charge in [0.05, 0.1) is 6.10 Å². The predicted octanol–water partition coefficient (Wildman–Crippen LogP) is 0.961. The third-order valence-electron chi connectivity index (χ3n) is 5.44. The highest BCUT2D eigenvalue weighted by molar-refractivity contribution is 5.78. The Bertz CT molecular complexity index is 546. The van der Waals surface area contributed by atoms with Crippen LogP contribution in [0.3, 0.4) is 0 Å². The largest absolute Gasteiger partial charge is 0.390 e. The van der Waals surface area contributed by atoms with Crippen molar-refractivity contribution in [1.82, 2.24) is 19.7 Å². The SMILES string of the molecule is CN(CC(O)CN1CCCC1=O)C1CCN(Cc2ccncc2)CC1. The van der Waals surface area contributed by atoms with Crippen molar-refractivity contribution in [2.45, 2.75) is 44.4 Å². The summed E-state index contributed by atoms with van der Waals surface area (Å²) < 4.78 is 0. The van der Waals surface area contributed by atoms with Gasteiger partial charge in [-0.2, -0.15) is 0 Å². The Hall–Kier alpha value is -1.50. The van der Waals surface area contributed by atoms with Crippen molar-refractivity contribution >= 4 is 5.91 Å². The molecule has 1 aromatic heterocycles. The van der Waals surface area contributed by atoms with E-state index >= 15 is 0 Å². The summed E-state index contributed by atoms with van der Waals surface area (Å²) in [6.07, 6.45) is 7.05. The molecule has 1 amide bonds. The number of carbonyl (C=O) groups excluding carboxylic acids is 1. The van der Waals surface area contributed by atoms with Gasteiger partial charge in [0, 0.05) is 51.0 Å². The number of likely N-dealkylation sites (N-methyl/N-ethyl adjacent to an activating group) is 1. The maximum atomic E-state index is 11.7. The van der Waals surface area contributed by atoms with Crippen LogP contribution in [0.4, 0.5) is 0 Å². The molecular weight excluding hydrogens is 316 g/mol. The van der Waals surface area contributed by atoms with Crippen LogP contribution in [-0.4, -0.2) is 82.6 Å². The summed E-state index contributed by atoms with van der Waals surface area (Å²) in [4.78, 5) is 22.3.